The number of nitrogens with zero attached hydrogens (tertiary/aromatic N) is 3. The molecule has 0 aliphatic rings. The van der Waals surface area contributed by atoms with Crippen molar-refractivity contribution in [1.82, 2.24) is 9.55 Å². The van der Waals surface area contributed by atoms with Crippen LogP contribution in [0.2, 0.25) is 0 Å². The third-order valence-electron chi connectivity index (χ3n) is 3.77. The van der Waals surface area contributed by atoms with Crippen LogP contribution in [0.5, 0.6) is 0 Å². The maximum atomic E-state index is 4.80. The summed E-state index contributed by atoms with van der Waals surface area (Å²) < 4.78 is 3.99. The van der Waals surface area contributed by atoms with Crippen molar-refractivity contribution < 1.29 is 4.57 Å². The Morgan fingerprint density at radius 3 is 2.50 bits per heavy atom. The number of para-hydroxylation sites is 2. The van der Waals surface area contributed by atoms with E-state index in [1.807, 2.05) is 64.7 Å². The van der Waals surface area contributed by atoms with Crippen molar-refractivity contribution in [3.8, 4) is 17.1 Å². The van der Waals surface area contributed by atoms with E-state index in [0.717, 1.165) is 28.1 Å². The standard InChI is InChI=1S/C19H15N3/c1-21-14-22(18-12-6-5-11-17(18)21)19-13-7-10-16(20-19)15-8-3-2-4-9-15/h2-13H,1H3. The molecule has 0 radical (unpaired) electrons. The van der Waals surface area contributed by atoms with Crippen LogP contribution in [0.1, 0.15) is 0 Å². The molecule has 0 N–H and O–H groups in total. The van der Waals surface area contributed by atoms with Crippen LogP contribution in [0.4, 0.5) is 0 Å². The second-order valence-corrected chi connectivity index (χ2v) is 5.23. The number of aryl methyl sites for hydroxylation is 1. The van der Waals surface area contributed by atoms with Crippen LogP contribution in [0.15, 0.2) is 72.8 Å². The van der Waals surface area contributed by atoms with Crippen LogP contribution in [-0.4, -0.2) is 9.55 Å². The number of aromatic nitrogens is 3. The SMILES string of the molecule is C[n+]1[c-]n(-c2cccc(-c3ccccc3)n2)c2ccccc21. The molecule has 0 saturated heterocycles. The van der Waals surface area contributed by atoms with E-state index < -0.39 is 0 Å². The fourth-order valence-electron chi connectivity index (χ4n) is 2.69. The Morgan fingerprint density at radius 1 is 0.864 bits per heavy atom. The Kier molecular flexibility index (Phi) is 2.97. The number of hydrogen-bond donors (Lipinski definition) is 0. The van der Waals surface area contributed by atoms with Crippen LogP contribution in [0.25, 0.3) is 28.1 Å². The fraction of sp³-hybridized carbons (Fsp3) is 0.0526. The van der Waals surface area contributed by atoms with E-state index in [1.165, 1.54) is 0 Å². The monoisotopic (exact) mass is 285 g/mol. The van der Waals surface area contributed by atoms with E-state index in [4.69, 9.17) is 4.98 Å². The van der Waals surface area contributed by atoms with Crippen LogP contribution in [0, 0.1) is 6.33 Å². The zero-order valence-corrected chi connectivity index (χ0v) is 12.3. The van der Waals surface area contributed by atoms with Gasteiger partial charge in [-0.25, -0.2) is 0 Å². The first-order valence-corrected chi connectivity index (χ1v) is 7.24. The van der Waals surface area contributed by atoms with Gasteiger partial charge in [0.25, 0.3) is 0 Å². The smallest absolute Gasteiger partial charge is 0.245 e. The van der Waals surface area contributed by atoms with Gasteiger partial charge in [-0.2, -0.15) is 0 Å². The second kappa shape index (κ2) is 5.11. The molecule has 0 fully saturated rings. The molecule has 0 unspecified atom stereocenters. The fourth-order valence-corrected chi connectivity index (χ4v) is 2.69. The van der Waals surface area contributed by atoms with Crippen LogP contribution >= 0.6 is 0 Å². The number of hydrogen-bond acceptors (Lipinski definition) is 1. The Labute approximate surface area is 129 Å². The molecule has 22 heavy (non-hydrogen) atoms. The highest BCUT2D eigenvalue weighted by atomic mass is 15.2. The summed E-state index contributed by atoms with van der Waals surface area (Å²) in [4.78, 5) is 4.80. The average molecular weight is 285 g/mol. The molecule has 2 aromatic heterocycles. The molecule has 3 heteroatoms. The lowest BCUT2D eigenvalue weighted by Gasteiger charge is -2.07. The van der Waals surface area contributed by atoms with Crippen LogP contribution < -0.4 is 4.57 Å². The van der Waals surface area contributed by atoms with Gasteiger partial charge in [0.1, 0.15) is 5.82 Å². The summed E-state index contributed by atoms with van der Waals surface area (Å²) in [6.07, 6.45) is 3.32. The summed E-state index contributed by atoms with van der Waals surface area (Å²) >= 11 is 0. The summed E-state index contributed by atoms with van der Waals surface area (Å²) in [5, 5.41) is 0. The molecule has 2 aromatic carbocycles. The third kappa shape index (κ3) is 2.07. The summed E-state index contributed by atoms with van der Waals surface area (Å²) in [5.74, 6) is 0.873. The Bertz CT molecular complexity index is 939. The summed E-state index contributed by atoms with van der Waals surface area (Å²) in [6.45, 7) is 0. The van der Waals surface area contributed by atoms with Gasteiger partial charge in [-0.05, 0) is 17.7 Å². The molecule has 106 valence electrons. The molecular weight excluding hydrogens is 270 g/mol. The van der Waals surface area contributed by atoms with Gasteiger partial charge in [0.05, 0.1) is 23.8 Å². The quantitative estimate of drug-likeness (QED) is 0.409. The van der Waals surface area contributed by atoms with Crippen molar-refractivity contribution in [2.24, 2.45) is 7.05 Å². The molecule has 0 spiro atoms. The molecule has 4 rings (SSSR count). The van der Waals surface area contributed by atoms with Gasteiger partial charge in [-0.1, -0.05) is 60.7 Å². The minimum absolute atomic E-state index is 0.873. The number of imidazole rings is 1. The third-order valence-corrected chi connectivity index (χ3v) is 3.77. The molecule has 0 atom stereocenters. The molecule has 0 saturated carbocycles. The van der Waals surface area contributed by atoms with Crippen molar-refractivity contribution >= 4 is 11.0 Å². The van der Waals surface area contributed by atoms with Gasteiger partial charge in [-0.15, -0.1) is 0 Å². The maximum Gasteiger partial charge on any atom is 0.245 e. The summed E-state index contributed by atoms with van der Waals surface area (Å²) in [5.41, 5.74) is 4.31. The largest absolute Gasteiger partial charge is 0.316 e. The highest BCUT2D eigenvalue weighted by Gasteiger charge is 2.08. The number of rotatable bonds is 2. The second-order valence-electron chi connectivity index (χ2n) is 5.23. The highest BCUT2D eigenvalue weighted by molar-refractivity contribution is 5.73. The normalized spacial score (nSPS) is 11.0. The lowest BCUT2D eigenvalue weighted by atomic mass is 10.1. The van der Waals surface area contributed by atoms with E-state index in [0.29, 0.717) is 0 Å². The lowest BCUT2D eigenvalue weighted by Crippen LogP contribution is -2.26. The van der Waals surface area contributed by atoms with E-state index in [2.05, 4.69) is 30.6 Å². The predicted octanol–water partition coefficient (Wildman–Crippen LogP) is 3.32. The first-order valence-electron chi connectivity index (χ1n) is 7.24. The van der Waals surface area contributed by atoms with E-state index in [-0.39, 0.29) is 0 Å². The molecule has 3 nitrogen and oxygen atoms in total. The number of fused-ring (bicyclic) bond motifs is 1. The molecule has 0 aliphatic heterocycles. The number of pyridine rings is 1. The molecular formula is C19H15N3. The van der Waals surface area contributed by atoms with Gasteiger partial charge in [-0.3, -0.25) is 4.98 Å². The van der Waals surface area contributed by atoms with Crippen molar-refractivity contribution in [2.75, 3.05) is 0 Å². The average Bonchev–Trinajstić information content (AvgIpc) is 2.93. The first-order chi connectivity index (χ1) is 10.8. The van der Waals surface area contributed by atoms with Crippen molar-refractivity contribution in [3.05, 3.63) is 79.1 Å². The van der Waals surface area contributed by atoms with Crippen molar-refractivity contribution in [3.63, 3.8) is 0 Å². The van der Waals surface area contributed by atoms with Gasteiger partial charge >= 0.3 is 0 Å². The summed E-state index contributed by atoms with van der Waals surface area (Å²) in [6, 6.07) is 24.5. The Hall–Kier alpha value is -2.94. The minimum Gasteiger partial charge on any atom is -0.316 e. The van der Waals surface area contributed by atoms with Crippen molar-refractivity contribution in [1.29, 1.82) is 0 Å². The first kappa shape index (κ1) is 12.8. The minimum atomic E-state index is 0.873. The van der Waals surface area contributed by atoms with Gasteiger partial charge in [0.2, 0.25) is 6.33 Å². The number of benzene rings is 2. The Balaban J connectivity index is 1.89. The zero-order chi connectivity index (χ0) is 14.9. The van der Waals surface area contributed by atoms with Gasteiger partial charge in [0.15, 0.2) is 0 Å². The highest BCUT2D eigenvalue weighted by Crippen LogP contribution is 2.20. The zero-order valence-electron chi connectivity index (χ0n) is 12.3. The molecule has 0 bridgehead atoms. The maximum absolute atomic E-state index is 4.80. The lowest BCUT2D eigenvalue weighted by molar-refractivity contribution is -0.649. The van der Waals surface area contributed by atoms with Crippen LogP contribution in [-0.2, 0) is 7.05 Å². The van der Waals surface area contributed by atoms with Gasteiger partial charge < -0.3 is 9.13 Å². The van der Waals surface area contributed by atoms with E-state index in [9.17, 15) is 0 Å². The molecule has 0 amide bonds. The van der Waals surface area contributed by atoms with E-state index >= 15 is 0 Å². The molecule has 2 heterocycles. The van der Waals surface area contributed by atoms with Crippen molar-refractivity contribution in [2.45, 2.75) is 0 Å². The molecule has 0 aliphatic carbocycles. The summed E-state index contributed by atoms with van der Waals surface area (Å²) in [7, 11) is 2.00. The molecule has 4 aromatic rings. The van der Waals surface area contributed by atoms with Crippen LogP contribution in [0.3, 0.4) is 0 Å². The van der Waals surface area contributed by atoms with Gasteiger partial charge in [0, 0.05) is 0 Å². The van der Waals surface area contributed by atoms with E-state index in [1.54, 1.807) is 0 Å². The predicted molar refractivity (Wildman–Crippen MR) is 86.5 cm³/mol. The Morgan fingerprint density at radius 2 is 1.64 bits per heavy atom. The topological polar surface area (TPSA) is 21.7 Å².